The normalized spacial score (nSPS) is 11.0. The van der Waals surface area contributed by atoms with Crippen LogP contribution < -0.4 is 10.5 Å². The van der Waals surface area contributed by atoms with E-state index < -0.39 is 0 Å². The Bertz CT molecular complexity index is 638. The van der Waals surface area contributed by atoms with Gasteiger partial charge in [-0.15, -0.1) is 0 Å². The van der Waals surface area contributed by atoms with Crippen LogP contribution in [-0.4, -0.2) is 31.0 Å². The van der Waals surface area contributed by atoms with Crippen LogP contribution in [0.3, 0.4) is 0 Å². The van der Waals surface area contributed by atoms with Gasteiger partial charge in [-0.1, -0.05) is 0 Å². The average Bonchev–Trinajstić information content (AvgIpc) is 2.34. The van der Waals surface area contributed by atoms with E-state index in [4.69, 9.17) is 10.5 Å². The second-order valence-corrected chi connectivity index (χ2v) is 5.76. The van der Waals surface area contributed by atoms with Crippen molar-refractivity contribution in [3.63, 3.8) is 0 Å². The Labute approximate surface area is 127 Å². The molecule has 7 nitrogen and oxygen atoms in total. The van der Waals surface area contributed by atoms with Gasteiger partial charge in [0, 0.05) is 11.4 Å². The summed E-state index contributed by atoms with van der Waals surface area (Å²) in [5, 5.41) is 0.998. The predicted molar refractivity (Wildman–Crippen MR) is 80.4 cm³/mol. The van der Waals surface area contributed by atoms with E-state index >= 15 is 0 Å². The summed E-state index contributed by atoms with van der Waals surface area (Å²) in [5.41, 5.74) is 8.63. The number of ether oxygens (including phenoxy) is 1. The molecule has 0 fully saturated rings. The Morgan fingerprint density at radius 1 is 0.905 bits per heavy atom. The molecule has 0 aliphatic rings. The third kappa shape index (κ3) is 4.01. The molecular weight excluding hydrogens is 288 g/mol. The summed E-state index contributed by atoms with van der Waals surface area (Å²) in [6.45, 7) is 9.67. The number of hydrogen-bond donors (Lipinski definition) is 1. The fourth-order valence-corrected chi connectivity index (χ4v) is 2.32. The molecule has 2 aromatic rings. The summed E-state index contributed by atoms with van der Waals surface area (Å²) in [7, 11) is 0. The van der Waals surface area contributed by atoms with Crippen molar-refractivity contribution in [2.24, 2.45) is 0 Å². The van der Waals surface area contributed by atoms with Gasteiger partial charge in [0.1, 0.15) is 0 Å². The number of aryl methyl sites for hydroxylation is 2. The fraction of sp³-hybridized carbons (Fsp3) is 0.462. The molecule has 0 spiro atoms. The van der Waals surface area contributed by atoms with E-state index in [2.05, 4.69) is 24.9 Å². The van der Waals surface area contributed by atoms with Crippen LogP contribution in [0.25, 0.3) is 0 Å². The van der Waals surface area contributed by atoms with E-state index in [-0.39, 0.29) is 18.1 Å². The summed E-state index contributed by atoms with van der Waals surface area (Å²) in [5.74, 6) is 0.115. The van der Waals surface area contributed by atoms with E-state index in [1.807, 2.05) is 34.6 Å². The minimum Gasteiger partial charge on any atom is -0.461 e. The van der Waals surface area contributed by atoms with Gasteiger partial charge in [0.25, 0.3) is 0 Å². The van der Waals surface area contributed by atoms with Gasteiger partial charge in [0.15, 0.2) is 5.16 Å². The van der Waals surface area contributed by atoms with Crippen molar-refractivity contribution in [2.45, 2.75) is 51.0 Å². The van der Waals surface area contributed by atoms with Crippen LogP contribution in [0.15, 0.2) is 10.3 Å². The maximum atomic E-state index is 5.68. The van der Waals surface area contributed by atoms with Gasteiger partial charge in [-0.25, -0.2) is 9.97 Å². The quantitative estimate of drug-likeness (QED) is 0.857. The van der Waals surface area contributed by atoms with Gasteiger partial charge in [-0.2, -0.15) is 15.0 Å². The molecule has 2 aromatic heterocycles. The lowest BCUT2D eigenvalue weighted by atomic mass is 10.2. The van der Waals surface area contributed by atoms with Gasteiger partial charge in [-0.3, -0.25) is 0 Å². The number of nitrogens with zero attached hydrogens (tertiary/aromatic N) is 5. The highest BCUT2D eigenvalue weighted by Crippen LogP contribution is 2.24. The van der Waals surface area contributed by atoms with Crippen LogP contribution in [0, 0.1) is 20.8 Å². The van der Waals surface area contributed by atoms with E-state index in [1.54, 1.807) is 0 Å². The molecule has 0 amide bonds. The van der Waals surface area contributed by atoms with Crippen LogP contribution in [0.2, 0.25) is 0 Å². The topological polar surface area (TPSA) is 99.7 Å². The first-order valence-corrected chi connectivity index (χ1v) is 7.34. The molecule has 2 heterocycles. The molecule has 0 aliphatic carbocycles. The van der Waals surface area contributed by atoms with Crippen LogP contribution in [0.4, 0.5) is 5.95 Å². The van der Waals surface area contributed by atoms with Crippen molar-refractivity contribution >= 4 is 17.7 Å². The number of aromatic nitrogens is 5. The van der Waals surface area contributed by atoms with Gasteiger partial charge in [-0.05, 0) is 51.9 Å². The third-order valence-electron chi connectivity index (χ3n) is 2.75. The lowest BCUT2D eigenvalue weighted by Crippen LogP contribution is -2.11. The molecule has 0 radical (unpaired) electrons. The lowest BCUT2D eigenvalue weighted by molar-refractivity contribution is 0.219. The minimum atomic E-state index is -0.0373. The van der Waals surface area contributed by atoms with Crippen molar-refractivity contribution in [3.8, 4) is 6.01 Å². The zero-order valence-electron chi connectivity index (χ0n) is 12.7. The molecule has 2 N–H and O–H groups in total. The van der Waals surface area contributed by atoms with E-state index in [0.29, 0.717) is 10.3 Å². The summed E-state index contributed by atoms with van der Waals surface area (Å²) in [6, 6.07) is 0.209. The van der Waals surface area contributed by atoms with Crippen molar-refractivity contribution < 1.29 is 4.74 Å². The Morgan fingerprint density at radius 3 is 2.05 bits per heavy atom. The average molecular weight is 306 g/mol. The molecule has 2 rings (SSSR count). The molecule has 0 saturated heterocycles. The maximum absolute atomic E-state index is 5.68. The zero-order chi connectivity index (χ0) is 15.6. The highest BCUT2D eigenvalue weighted by Gasteiger charge is 2.12. The molecule has 112 valence electrons. The fourth-order valence-electron chi connectivity index (χ4n) is 1.53. The second kappa shape index (κ2) is 6.21. The standard InChI is InChI=1S/C13H18N6OS/c1-6(2)20-11-17-10(14)18-13(19-11)21-12-15-8(4)7(3)9(5)16-12/h6H,1-5H3,(H2,14,17,18,19). The zero-order valence-corrected chi connectivity index (χ0v) is 13.5. The van der Waals surface area contributed by atoms with E-state index in [9.17, 15) is 0 Å². The van der Waals surface area contributed by atoms with Crippen LogP contribution in [0.1, 0.15) is 30.8 Å². The van der Waals surface area contributed by atoms with Crippen LogP contribution in [0.5, 0.6) is 6.01 Å². The Hall–Kier alpha value is -1.96. The van der Waals surface area contributed by atoms with Crippen LogP contribution in [-0.2, 0) is 0 Å². The second-order valence-electron chi connectivity index (χ2n) is 4.83. The first kappa shape index (κ1) is 15.4. The molecule has 0 unspecified atom stereocenters. The number of rotatable bonds is 4. The molecule has 0 aromatic carbocycles. The molecule has 0 atom stereocenters. The molecule has 0 saturated carbocycles. The third-order valence-corrected chi connectivity index (χ3v) is 3.48. The molecule has 8 heteroatoms. The SMILES string of the molecule is Cc1nc(Sc2nc(N)nc(OC(C)C)n2)nc(C)c1C. The van der Waals surface area contributed by atoms with Gasteiger partial charge in [0.2, 0.25) is 11.1 Å². The smallest absolute Gasteiger partial charge is 0.322 e. The minimum absolute atomic E-state index is 0.0373. The monoisotopic (exact) mass is 306 g/mol. The summed E-state index contributed by atoms with van der Waals surface area (Å²) in [6.07, 6.45) is -0.0373. The van der Waals surface area contributed by atoms with Crippen molar-refractivity contribution in [3.05, 3.63) is 17.0 Å². The first-order valence-electron chi connectivity index (χ1n) is 6.53. The Kier molecular flexibility index (Phi) is 4.56. The lowest BCUT2D eigenvalue weighted by Gasteiger charge is -2.09. The van der Waals surface area contributed by atoms with Gasteiger partial charge in [0.05, 0.1) is 6.10 Å². The molecular formula is C13H18N6OS. The summed E-state index contributed by atoms with van der Waals surface area (Å²) in [4.78, 5) is 21.1. The Morgan fingerprint density at radius 2 is 1.48 bits per heavy atom. The summed E-state index contributed by atoms with van der Waals surface area (Å²) >= 11 is 1.24. The Balaban J connectivity index is 2.29. The van der Waals surface area contributed by atoms with Crippen molar-refractivity contribution in [1.29, 1.82) is 0 Å². The molecule has 0 aliphatic heterocycles. The largest absolute Gasteiger partial charge is 0.461 e. The summed E-state index contributed by atoms with van der Waals surface area (Å²) < 4.78 is 5.44. The highest BCUT2D eigenvalue weighted by molar-refractivity contribution is 7.99. The number of hydrogen-bond acceptors (Lipinski definition) is 8. The highest BCUT2D eigenvalue weighted by atomic mass is 32.2. The number of nitrogen functional groups attached to an aromatic ring is 1. The maximum Gasteiger partial charge on any atom is 0.322 e. The van der Waals surface area contributed by atoms with Crippen molar-refractivity contribution in [2.75, 3.05) is 5.73 Å². The van der Waals surface area contributed by atoms with Crippen molar-refractivity contribution in [1.82, 2.24) is 24.9 Å². The number of anilines is 1. The van der Waals surface area contributed by atoms with E-state index in [1.165, 1.54) is 11.8 Å². The number of nitrogens with two attached hydrogens (primary N) is 1. The van der Waals surface area contributed by atoms with Gasteiger partial charge >= 0.3 is 6.01 Å². The first-order chi connectivity index (χ1) is 9.85. The van der Waals surface area contributed by atoms with Gasteiger partial charge < -0.3 is 10.5 Å². The molecule has 0 bridgehead atoms. The van der Waals surface area contributed by atoms with Crippen LogP contribution >= 0.6 is 11.8 Å². The molecule has 21 heavy (non-hydrogen) atoms. The predicted octanol–water partition coefficient (Wildman–Crippen LogP) is 2.11. The van der Waals surface area contributed by atoms with E-state index in [0.717, 1.165) is 17.0 Å².